The van der Waals surface area contributed by atoms with Gasteiger partial charge in [0.15, 0.2) is 7.59 Å². The first-order valence-electron chi connectivity index (χ1n) is 11.7. The van der Waals surface area contributed by atoms with Crippen molar-refractivity contribution in [2.75, 3.05) is 7.11 Å². The molecule has 0 aliphatic heterocycles. The van der Waals surface area contributed by atoms with Gasteiger partial charge in [-0.3, -0.25) is 0 Å². The molecule has 0 saturated heterocycles. The number of rotatable bonds is 7. The van der Waals surface area contributed by atoms with Crippen LogP contribution in [-0.4, -0.2) is 22.5 Å². The zero-order valence-corrected chi connectivity index (χ0v) is 21.3. The Labute approximate surface area is 204 Å². The summed E-state index contributed by atoms with van der Waals surface area (Å²) in [6.45, 7) is 0. The van der Waals surface area contributed by atoms with Crippen LogP contribution >= 0.6 is 0 Å². The molecule has 0 spiro atoms. The van der Waals surface area contributed by atoms with Crippen LogP contribution in [0.3, 0.4) is 0 Å². The van der Waals surface area contributed by atoms with E-state index < -0.39 is 15.4 Å². The summed E-state index contributed by atoms with van der Waals surface area (Å²) < 4.78 is 7.04. The van der Waals surface area contributed by atoms with Crippen molar-refractivity contribution in [3.8, 4) is 0 Å². The van der Waals surface area contributed by atoms with Crippen LogP contribution < -0.4 is 25.9 Å². The van der Waals surface area contributed by atoms with E-state index in [2.05, 4.69) is 152 Å². The van der Waals surface area contributed by atoms with Gasteiger partial charge in [0.25, 0.3) is 7.83 Å². The third kappa shape index (κ3) is 3.50. The molecule has 0 aliphatic carbocycles. The average molecular weight is 473 g/mol. The van der Waals surface area contributed by atoms with Crippen molar-refractivity contribution in [3.63, 3.8) is 0 Å². The van der Waals surface area contributed by atoms with Gasteiger partial charge in [0.1, 0.15) is 0 Å². The molecule has 0 heterocycles. The van der Waals surface area contributed by atoms with Crippen LogP contribution in [0.5, 0.6) is 0 Å². The summed E-state index contributed by atoms with van der Waals surface area (Å²) in [5, 5.41) is 6.70. The van der Waals surface area contributed by atoms with Gasteiger partial charge in [0.05, 0.1) is 0 Å². The second-order valence-corrected chi connectivity index (χ2v) is 19.0. The molecule has 0 unspecified atom stereocenters. The minimum absolute atomic E-state index is 1.30. The highest BCUT2D eigenvalue weighted by Crippen LogP contribution is 2.22. The lowest BCUT2D eigenvalue weighted by molar-refractivity contribution is 0.430. The Hall–Kier alpha value is -3.51. The van der Waals surface area contributed by atoms with Crippen molar-refractivity contribution in [1.29, 1.82) is 0 Å². The van der Waals surface area contributed by atoms with Crippen LogP contribution in [0.1, 0.15) is 0 Å². The van der Waals surface area contributed by atoms with E-state index >= 15 is 0 Å². The minimum atomic E-state index is -2.88. The van der Waals surface area contributed by atoms with Crippen LogP contribution in [0.15, 0.2) is 152 Å². The van der Waals surface area contributed by atoms with E-state index in [-0.39, 0.29) is 0 Å². The highest BCUT2D eigenvalue weighted by atomic mass is 29.3. The van der Waals surface area contributed by atoms with E-state index in [0.717, 1.165) is 0 Å². The van der Waals surface area contributed by atoms with Gasteiger partial charge < -0.3 is 4.43 Å². The molecule has 0 radical (unpaired) electrons. The van der Waals surface area contributed by atoms with Crippen LogP contribution in [0, 0.1) is 0 Å². The van der Waals surface area contributed by atoms with Gasteiger partial charge in [-0.1, -0.05) is 152 Å². The van der Waals surface area contributed by atoms with Gasteiger partial charge in [-0.2, -0.15) is 0 Å². The third-order valence-corrected chi connectivity index (χ3v) is 22.5. The highest BCUT2D eigenvalue weighted by molar-refractivity contribution is 7.61. The smallest absolute Gasteiger partial charge is 0.255 e. The first-order chi connectivity index (χ1) is 16.8. The Morgan fingerprint density at radius 1 is 0.353 bits per heavy atom. The van der Waals surface area contributed by atoms with Gasteiger partial charge in [-0.05, 0) is 25.9 Å². The number of hydrogen-bond acceptors (Lipinski definition) is 1. The molecular weight excluding hydrogens is 445 g/mol. The lowest BCUT2D eigenvalue weighted by Crippen LogP contribution is -2.91. The molecule has 5 rings (SSSR count). The summed E-state index contributed by atoms with van der Waals surface area (Å²) in [5.41, 5.74) is 0. The molecule has 0 saturated carbocycles. The van der Waals surface area contributed by atoms with Gasteiger partial charge in [0, 0.05) is 7.11 Å². The molecule has 166 valence electrons. The largest absolute Gasteiger partial charge is 0.413 e. The lowest BCUT2D eigenvalue weighted by atomic mass is 10.3. The van der Waals surface area contributed by atoms with Crippen molar-refractivity contribution < 1.29 is 4.43 Å². The normalized spacial score (nSPS) is 11.8. The van der Waals surface area contributed by atoms with Gasteiger partial charge in [-0.15, -0.1) is 0 Å². The number of hydrogen-bond donors (Lipinski definition) is 0. The zero-order valence-electron chi connectivity index (χ0n) is 19.3. The van der Waals surface area contributed by atoms with Gasteiger partial charge in [-0.25, -0.2) is 0 Å². The minimum Gasteiger partial charge on any atom is -0.413 e. The molecule has 5 aromatic carbocycles. The summed E-state index contributed by atoms with van der Waals surface area (Å²) in [6, 6.07) is 55.2. The van der Waals surface area contributed by atoms with Crippen LogP contribution in [0.2, 0.25) is 0 Å². The highest BCUT2D eigenvalue weighted by Gasteiger charge is 2.62. The Balaban J connectivity index is 2.04. The van der Waals surface area contributed by atoms with Crippen molar-refractivity contribution in [1.82, 2.24) is 0 Å². The molecule has 0 bridgehead atoms. The fourth-order valence-corrected chi connectivity index (χ4v) is 22.8. The van der Waals surface area contributed by atoms with E-state index in [1.165, 1.54) is 25.9 Å². The Bertz CT molecular complexity index is 1170. The van der Waals surface area contributed by atoms with Gasteiger partial charge in [0.2, 0.25) is 0 Å². The Kier molecular flexibility index (Phi) is 6.41. The van der Waals surface area contributed by atoms with E-state index in [1.807, 2.05) is 7.11 Å². The topological polar surface area (TPSA) is 9.23 Å². The molecule has 3 heteroatoms. The summed E-state index contributed by atoms with van der Waals surface area (Å²) in [4.78, 5) is 0. The van der Waals surface area contributed by atoms with E-state index in [0.29, 0.717) is 0 Å². The fourth-order valence-electron chi connectivity index (χ4n) is 5.51. The Morgan fingerprint density at radius 2 is 0.588 bits per heavy atom. The molecule has 0 aromatic heterocycles. The average Bonchev–Trinajstić information content (AvgIpc) is 2.94. The monoisotopic (exact) mass is 472 g/mol. The first-order valence-corrected chi connectivity index (χ1v) is 16.6. The summed E-state index contributed by atoms with van der Waals surface area (Å²) in [7, 11) is -3.72. The second kappa shape index (κ2) is 9.78. The molecule has 0 aliphatic rings. The van der Waals surface area contributed by atoms with Gasteiger partial charge >= 0.3 is 0 Å². The molecule has 0 fully saturated rings. The maximum atomic E-state index is 7.04. The van der Waals surface area contributed by atoms with Crippen molar-refractivity contribution >= 4 is 41.4 Å². The summed E-state index contributed by atoms with van der Waals surface area (Å²) >= 11 is 0. The molecule has 0 atom stereocenters. The predicted molar refractivity (Wildman–Crippen MR) is 149 cm³/mol. The molecule has 34 heavy (non-hydrogen) atoms. The summed E-state index contributed by atoms with van der Waals surface area (Å²) in [5.74, 6) is 0. The zero-order chi connectivity index (χ0) is 23.3. The predicted octanol–water partition coefficient (Wildman–Crippen LogP) is 3.64. The second-order valence-electron chi connectivity index (χ2n) is 8.47. The SMILES string of the molecule is CO[Si](c1ccccc1)(c1ccccc1)[Si](c1ccccc1)(c1ccccc1)c1ccccc1. The van der Waals surface area contributed by atoms with Crippen molar-refractivity contribution in [2.45, 2.75) is 0 Å². The standard InChI is InChI=1S/C31H28OSi2/c1-32-34(30-23-13-5-14-24-30,31-25-15-6-16-26-31)33(27-17-7-2-8-18-27,28-19-9-3-10-20-28)29-21-11-4-12-22-29/h2-26H,1H3. The molecule has 0 N–H and O–H groups in total. The first kappa shape index (κ1) is 22.3. The third-order valence-electron chi connectivity index (χ3n) is 6.82. The van der Waals surface area contributed by atoms with Crippen LogP contribution in [0.4, 0.5) is 0 Å². The maximum absolute atomic E-state index is 7.04. The molecule has 1 nitrogen and oxygen atoms in total. The summed E-state index contributed by atoms with van der Waals surface area (Å²) in [6.07, 6.45) is 0. The van der Waals surface area contributed by atoms with E-state index in [1.54, 1.807) is 0 Å². The van der Waals surface area contributed by atoms with Crippen molar-refractivity contribution in [2.24, 2.45) is 0 Å². The van der Waals surface area contributed by atoms with E-state index in [9.17, 15) is 0 Å². The van der Waals surface area contributed by atoms with Crippen molar-refractivity contribution in [3.05, 3.63) is 152 Å². The van der Waals surface area contributed by atoms with E-state index in [4.69, 9.17) is 4.43 Å². The van der Waals surface area contributed by atoms with Crippen LogP contribution in [0.25, 0.3) is 0 Å². The lowest BCUT2D eigenvalue weighted by Gasteiger charge is -2.48. The van der Waals surface area contributed by atoms with Crippen LogP contribution in [-0.2, 0) is 4.43 Å². The quantitative estimate of drug-likeness (QED) is 0.260. The molecule has 0 amide bonds. The molecule has 5 aromatic rings. The number of benzene rings is 5. The Morgan fingerprint density at radius 3 is 0.824 bits per heavy atom. The fraction of sp³-hybridized carbons (Fsp3) is 0.0323. The maximum Gasteiger partial charge on any atom is 0.255 e. The molecular formula is C31H28OSi2.